The van der Waals surface area contributed by atoms with Gasteiger partial charge in [0.05, 0.1) is 23.4 Å². The molecular weight excluding hydrogens is 433 g/mol. The molecule has 0 aliphatic rings. The zero-order valence-corrected chi connectivity index (χ0v) is 17.2. The van der Waals surface area contributed by atoms with Gasteiger partial charge in [0.1, 0.15) is 6.79 Å². The average molecular weight is 452 g/mol. The Labute approximate surface area is 179 Å². The molecule has 2 heterocycles. The van der Waals surface area contributed by atoms with Crippen molar-refractivity contribution in [1.29, 1.82) is 0 Å². The van der Waals surface area contributed by atoms with Crippen LogP contribution in [-0.4, -0.2) is 34.7 Å². The van der Waals surface area contributed by atoms with Crippen molar-refractivity contribution in [2.24, 2.45) is 0 Å². The topological polar surface area (TPSA) is 93.1 Å². The molecule has 3 aromatic rings. The van der Waals surface area contributed by atoms with E-state index in [1.807, 2.05) is 18.3 Å². The summed E-state index contributed by atoms with van der Waals surface area (Å²) in [4.78, 5) is 36.2. The number of alkyl halides is 3. The van der Waals surface area contributed by atoms with Crippen molar-refractivity contribution in [1.82, 2.24) is 14.9 Å². The normalized spacial score (nSPS) is 10.7. The highest BCUT2D eigenvalue weighted by molar-refractivity contribution is 7.14. The van der Waals surface area contributed by atoms with Gasteiger partial charge < -0.3 is 20.0 Å². The van der Waals surface area contributed by atoms with Crippen LogP contribution in [0, 0.1) is 0 Å². The predicted molar refractivity (Wildman–Crippen MR) is 111 cm³/mol. The summed E-state index contributed by atoms with van der Waals surface area (Å²) >= 11 is 1.08. The van der Waals surface area contributed by atoms with Crippen LogP contribution in [0.5, 0.6) is 0 Å². The number of hydrogen-bond donors (Lipinski definition) is 2. The number of benzene rings is 1. The number of nitrogens with one attached hydrogen (secondary N) is 2. The van der Waals surface area contributed by atoms with Gasteiger partial charge in [0.25, 0.3) is 5.91 Å². The molecular formula is C20H19F3N4O3S. The van der Waals surface area contributed by atoms with E-state index in [0.717, 1.165) is 30.0 Å². The molecule has 0 bridgehead atoms. The predicted octanol–water partition coefficient (Wildman–Crippen LogP) is 3.83. The van der Waals surface area contributed by atoms with Gasteiger partial charge in [-0.1, -0.05) is 12.1 Å². The molecule has 2 aromatic heterocycles. The number of anilines is 1. The molecule has 0 unspecified atom stereocenters. The van der Waals surface area contributed by atoms with E-state index in [0.29, 0.717) is 16.8 Å². The standard InChI is InChI=1S/C19H17F3N4O2S.CH2O/c1-2-26-7-6-13(10-26)17(28)23-9-16(27)25-18-24-15(11-29-18)12-4-3-5-14(8-12)19(20,21)22;1-2/h3-8,10-11H,2,9H2,1H3,(H,23,28)(H,24,25,27);1H2. The molecule has 31 heavy (non-hydrogen) atoms. The van der Waals surface area contributed by atoms with Gasteiger partial charge in [-0.15, -0.1) is 11.3 Å². The smallest absolute Gasteiger partial charge is 0.354 e. The Morgan fingerprint density at radius 3 is 2.61 bits per heavy atom. The number of aryl methyl sites for hydroxylation is 1. The van der Waals surface area contributed by atoms with Gasteiger partial charge in [0.2, 0.25) is 5.91 Å². The van der Waals surface area contributed by atoms with Crippen LogP contribution in [0.1, 0.15) is 22.8 Å². The number of thiazole rings is 1. The second-order valence-corrected chi connectivity index (χ2v) is 6.94. The van der Waals surface area contributed by atoms with Crippen molar-refractivity contribution in [3.05, 3.63) is 59.2 Å². The lowest BCUT2D eigenvalue weighted by molar-refractivity contribution is -0.137. The van der Waals surface area contributed by atoms with E-state index in [1.165, 1.54) is 12.1 Å². The minimum Gasteiger partial charge on any atom is -0.354 e. The summed E-state index contributed by atoms with van der Waals surface area (Å²) in [5.41, 5.74) is 0.292. The van der Waals surface area contributed by atoms with Crippen LogP contribution in [-0.2, 0) is 22.3 Å². The van der Waals surface area contributed by atoms with Crippen molar-refractivity contribution in [2.45, 2.75) is 19.6 Å². The van der Waals surface area contributed by atoms with Gasteiger partial charge in [-0.05, 0) is 25.1 Å². The van der Waals surface area contributed by atoms with Crippen LogP contribution in [0.15, 0.2) is 48.1 Å². The number of halogens is 3. The highest BCUT2D eigenvalue weighted by atomic mass is 32.1. The first-order valence-electron chi connectivity index (χ1n) is 8.92. The minimum atomic E-state index is -4.45. The first kappa shape index (κ1) is 23.8. The van der Waals surface area contributed by atoms with Crippen molar-refractivity contribution in [2.75, 3.05) is 11.9 Å². The quantitative estimate of drug-likeness (QED) is 0.595. The van der Waals surface area contributed by atoms with Crippen molar-refractivity contribution in [3.8, 4) is 11.3 Å². The monoisotopic (exact) mass is 452 g/mol. The van der Waals surface area contributed by atoms with Gasteiger partial charge in [-0.25, -0.2) is 4.98 Å². The van der Waals surface area contributed by atoms with Gasteiger partial charge >= 0.3 is 6.18 Å². The maximum atomic E-state index is 12.8. The van der Waals surface area contributed by atoms with Crippen molar-refractivity contribution in [3.63, 3.8) is 0 Å². The van der Waals surface area contributed by atoms with Crippen LogP contribution in [0.2, 0.25) is 0 Å². The van der Waals surface area contributed by atoms with E-state index in [2.05, 4.69) is 15.6 Å². The SMILES string of the molecule is C=O.CCn1ccc(C(=O)NCC(=O)Nc2nc(-c3cccc(C(F)(F)F)c3)cs2)c1. The Hall–Kier alpha value is -3.47. The zero-order valence-electron chi connectivity index (χ0n) is 16.4. The molecule has 0 fully saturated rings. The van der Waals surface area contributed by atoms with Crippen molar-refractivity contribution >= 4 is 35.1 Å². The number of rotatable bonds is 6. The summed E-state index contributed by atoms with van der Waals surface area (Å²) in [5, 5.41) is 6.82. The zero-order chi connectivity index (χ0) is 23.0. The van der Waals surface area contributed by atoms with Crippen LogP contribution >= 0.6 is 11.3 Å². The molecule has 0 spiro atoms. The third kappa shape index (κ3) is 6.51. The molecule has 1 aromatic carbocycles. The van der Waals surface area contributed by atoms with E-state index < -0.39 is 17.6 Å². The number of aromatic nitrogens is 2. The third-order valence-corrected chi connectivity index (χ3v) is 4.78. The number of nitrogens with zero attached hydrogens (tertiary/aromatic N) is 2. The second-order valence-electron chi connectivity index (χ2n) is 6.08. The van der Waals surface area contributed by atoms with E-state index >= 15 is 0 Å². The van der Waals surface area contributed by atoms with E-state index in [9.17, 15) is 22.8 Å². The lowest BCUT2D eigenvalue weighted by atomic mass is 10.1. The van der Waals surface area contributed by atoms with Gasteiger partial charge in [0.15, 0.2) is 5.13 Å². The Bertz CT molecular complexity index is 1050. The number of carbonyl (C=O) groups is 3. The summed E-state index contributed by atoms with van der Waals surface area (Å²) in [6.07, 6.45) is -1.01. The number of hydrogen-bond acceptors (Lipinski definition) is 5. The average Bonchev–Trinajstić information content (AvgIpc) is 3.43. The lowest BCUT2D eigenvalue weighted by Gasteiger charge is -2.07. The largest absolute Gasteiger partial charge is 0.416 e. The molecule has 7 nitrogen and oxygen atoms in total. The first-order chi connectivity index (χ1) is 14.8. The van der Waals surface area contributed by atoms with Gasteiger partial charge in [0, 0.05) is 29.9 Å². The highest BCUT2D eigenvalue weighted by Gasteiger charge is 2.30. The third-order valence-electron chi connectivity index (χ3n) is 4.02. The number of carbonyl (C=O) groups excluding carboxylic acids is 3. The fourth-order valence-electron chi connectivity index (χ4n) is 2.52. The molecule has 0 radical (unpaired) electrons. The van der Waals surface area contributed by atoms with Crippen LogP contribution < -0.4 is 10.6 Å². The lowest BCUT2D eigenvalue weighted by Crippen LogP contribution is -2.32. The molecule has 0 saturated heterocycles. The van der Waals surface area contributed by atoms with Gasteiger partial charge in [-0.3, -0.25) is 9.59 Å². The first-order valence-corrected chi connectivity index (χ1v) is 9.80. The summed E-state index contributed by atoms with van der Waals surface area (Å²) in [6, 6.07) is 6.45. The maximum absolute atomic E-state index is 12.8. The summed E-state index contributed by atoms with van der Waals surface area (Å²) in [7, 11) is 0. The molecule has 0 saturated carbocycles. The second kappa shape index (κ2) is 10.5. The van der Waals surface area contributed by atoms with Crippen LogP contribution in [0.25, 0.3) is 11.3 Å². The van der Waals surface area contributed by atoms with E-state index in [1.54, 1.807) is 23.8 Å². The molecule has 2 amide bonds. The van der Waals surface area contributed by atoms with Crippen LogP contribution in [0.3, 0.4) is 0 Å². The molecule has 0 atom stereocenters. The molecule has 3 rings (SSSR count). The summed E-state index contributed by atoms with van der Waals surface area (Å²) in [5.74, 6) is -0.866. The Morgan fingerprint density at radius 1 is 1.23 bits per heavy atom. The number of amides is 2. The molecule has 2 N–H and O–H groups in total. The van der Waals surface area contributed by atoms with E-state index in [4.69, 9.17) is 4.79 Å². The summed E-state index contributed by atoms with van der Waals surface area (Å²) < 4.78 is 40.4. The molecule has 11 heteroatoms. The molecule has 0 aliphatic carbocycles. The molecule has 164 valence electrons. The maximum Gasteiger partial charge on any atom is 0.416 e. The van der Waals surface area contributed by atoms with Gasteiger partial charge in [-0.2, -0.15) is 13.2 Å². The van der Waals surface area contributed by atoms with Crippen molar-refractivity contribution < 1.29 is 27.6 Å². The highest BCUT2D eigenvalue weighted by Crippen LogP contribution is 2.33. The summed E-state index contributed by atoms with van der Waals surface area (Å²) in [6.45, 7) is 4.41. The molecule has 0 aliphatic heterocycles. The van der Waals surface area contributed by atoms with Crippen LogP contribution in [0.4, 0.5) is 18.3 Å². The Balaban J connectivity index is 0.00000166. The minimum absolute atomic E-state index is 0.230. The Morgan fingerprint density at radius 2 is 1.97 bits per heavy atom. The fraction of sp³-hybridized carbons (Fsp3) is 0.200. The Kier molecular flexibility index (Phi) is 8.08. The fourth-order valence-corrected chi connectivity index (χ4v) is 3.25. The van der Waals surface area contributed by atoms with E-state index in [-0.39, 0.29) is 17.6 Å².